The molecule has 0 heterocycles. The average Bonchev–Trinajstić information content (AvgIpc) is 3.13. The van der Waals surface area contributed by atoms with E-state index in [0.717, 1.165) is 41.9 Å². The Kier molecular flexibility index (Phi) is 4.33. The summed E-state index contributed by atoms with van der Waals surface area (Å²) >= 11 is 0. The Bertz CT molecular complexity index is 427. The molecule has 0 saturated heterocycles. The maximum absolute atomic E-state index is 10.9. The van der Waals surface area contributed by atoms with Crippen LogP contribution >= 0.6 is 0 Å². The summed E-state index contributed by atoms with van der Waals surface area (Å²) in [5.41, 5.74) is 0. The van der Waals surface area contributed by atoms with E-state index in [0.29, 0.717) is 17.8 Å². The predicted molar refractivity (Wildman–Crippen MR) is 89.4 cm³/mol. The average molecular weight is 306 g/mol. The Morgan fingerprint density at radius 2 is 1.23 bits per heavy atom. The van der Waals surface area contributed by atoms with Crippen LogP contribution in [0.3, 0.4) is 0 Å². The smallest absolute Gasteiger partial charge is 0.307 e. The van der Waals surface area contributed by atoms with Crippen LogP contribution in [0.15, 0.2) is 0 Å². The van der Waals surface area contributed by atoms with Gasteiger partial charge in [-0.25, -0.2) is 0 Å². The van der Waals surface area contributed by atoms with Crippen molar-refractivity contribution >= 4 is 5.97 Å². The van der Waals surface area contributed by atoms with Crippen molar-refractivity contribution in [2.24, 2.45) is 59.2 Å². The van der Waals surface area contributed by atoms with E-state index < -0.39 is 5.97 Å². The third-order valence-corrected chi connectivity index (χ3v) is 8.24. The predicted octanol–water partition coefficient (Wildman–Crippen LogP) is 4.93. The molecule has 4 bridgehead atoms. The van der Waals surface area contributed by atoms with Crippen molar-refractivity contribution in [1.29, 1.82) is 0 Å². The lowest BCUT2D eigenvalue weighted by molar-refractivity contribution is -0.145. The fraction of sp³-hybridized carbons (Fsp3) is 0.950. The van der Waals surface area contributed by atoms with Gasteiger partial charge >= 0.3 is 5.97 Å². The second-order valence-electron chi connectivity index (χ2n) is 9.19. The molecular formula is C20H34O2. The van der Waals surface area contributed by atoms with Gasteiger partial charge in [-0.2, -0.15) is 0 Å². The Balaban J connectivity index is 0.000000133. The van der Waals surface area contributed by atoms with Gasteiger partial charge in [-0.05, 0) is 78.9 Å². The largest absolute Gasteiger partial charge is 0.481 e. The van der Waals surface area contributed by atoms with E-state index in [-0.39, 0.29) is 5.92 Å². The molecule has 2 heteroatoms. The zero-order valence-corrected chi connectivity index (χ0v) is 15.0. The summed E-state index contributed by atoms with van der Waals surface area (Å²) < 4.78 is 0. The van der Waals surface area contributed by atoms with E-state index in [1.54, 1.807) is 6.42 Å². The van der Waals surface area contributed by atoms with Gasteiger partial charge < -0.3 is 5.11 Å². The monoisotopic (exact) mass is 306 g/mol. The van der Waals surface area contributed by atoms with Crippen molar-refractivity contribution in [2.75, 3.05) is 0 Å². The SMILES string of the molecule is C[C@@H]1CC2CC1[C@H](C)[C@@H]2C.C[C@@H]1CC2CC1[C@H](C)[C@@H]2C(=O)O. The molecule has 10 atom stereocenters. The molecule has 22 heavy (non-hydrogen) atoms. The van der Waals surface area contributed by atoms with Gasteiger partial charge in [0.25, 0.3) is 0 Å². The van der Waals surface area contributed by atoms with Crippen LogP contribution in [0.1, 0.15) is 60.3 Å². The summed E-state index contributed by atoms with van der Waals surface area (Å²) in [7, 11) is 0. The number of carbonyl (C=O) groups is 1. The number of hydrogen-bond donors (Lipinski definition) is 1. The van der Waals surface area contributed by atoms with Gasteiger partial charge in [-0.3, -0.25) is 4.79 Å². The van der Waals surface area contributed by atoms with Gasteiger partial charge in [0.2, 0.25) is 0 Å². The molecule has 0 radical (unpaired) electrons. The topological polar surface area (TPSA) is 37.3 Å². The van der Waals surface area contributed by atoms with Crippen LogP contribution in [0.25, 0.3) is 0 Å². The van der Waals surface area contributed by atoms with E-state index in [1.165, 1.54) is 12.8 Å². The lowest BCUT2D eigenvalue weighted by atomic mass is 9.76. The van der Waals surface area contributed by atoms with Crippen molar-refractivity contribution in [3.05, 3.63) is 0 Å². The molecule has 126 valence electrons. The zero-order chi connectivity index (χ0) is 16.2. The number of rotatable bonds is 1. The summed E-state index contributed by atoms with van der Waals surface area (Å²) in [4.78, 5) is 10.9. The fourth-order valence-electron chi connectivity index (χ4n) is 6.79. The summed E-state index contributed by atoms with van der Waals surface area (Å²) in [6.45, 7) is 11.7. The van der Waals surface area contributed by atoms with E-state index in [1.807, 2.05) is 0 Å². The molecule has 0 amide bonds. The van der Waals surface area contributed by atoms with Gasteiger partial charge in [-0.1, -0.05) is 34.6 Å². The van der Waals surface area contributed by atoms with Crippen LogP contribution < -0.4 is 0 Å². The molecule has 0 aliphatic heterocycles. The van der Waals surface area contributed by atoms with Gasteiger partial charge in [-0.15, -0.1) is 0 Å². The van der Waals surface area contributed by atoms with Crippen LogP contribution in [-0.4, -0.2) is 11.1 Å². The van der Waals surface area contributed by atoms with E-state index in [2.05, 4.69) is 34.6 Å². The number of aliphatic carboxylic acids is 1. The Morgan fingerprint density at radius 1 is 0.727 bits per heavy atom. The molecule has 0 aromatic heterocycles. The number of hydrogen-bond acceptors (Lipinski definition) is 1. The third kappa shape index (κ3) is 2.51. The molecule has 4 saturated carbocycles. The normalized spacial score (nSPS) is 55.1. The first-order valence-electron chi connectivity index (χ1n) is 9.54. The van der Waals surface area contributed by atoms with Crippen molar-refractivity contribution in [3.63, 3.8) is 0 Å². The first-order chi connectivity index (χ1) is 10.3. The van der Waals surface area contributed by atoms with Crippen molar-refractivity contribution < 1.29 is 9.90 Å². The highest BCUT2D eigenvalue weighted by molar-refractivity contribution is 5.71. The van der Waals surface area contributed by atoms with E-state index >= 15 is 0 Å². The van der Waals surface area contributed by atoms with Crippen molar-refractivity contribution in [2.45, 2.75) is 60.3 Å². The van der Waals surface area contributed by atoms with Crippen LogP contribution in [0.4, 0.5) is 0 Å². The van der Waals surface area contributed by atoms with Crippen LogP contribution in [-0.2, 0) is 4.79 Å². The second-order valence-corrected chi connectivity index (χ2v) is 9.19. The lowest BCUT2D eigenvalue weighted by Crippen LogP contribution is -2.30. The molecule has 0 aromatic rings. The summed E-state index contributed by atoms with van der Waals surface area (Å²) in [6, 6.07) is 0. The molecule has 4 aliphatic rings. The maximum atomic E-state index is 10.9. The minimum atomic E-state index is -0.568. The number of carboxylic acid groups (broad SMARTS) is 1. The van der Waals surface area contributed by atoms with Crippen LogP contribution in [0, 0.1) is 59.2 Å². The summed E-state index contributed by atoms with van der Waals surface area (Å²) in [5.74, 6) is 7.01. The van der Waals surface area contributed by atoms with Gasteiger partial charge in [0, 0.05) is 0 Å². The maximum Gasteiger partial charge on any atom is 0.307 e. The van der Waals surface area contributed by atoms with E-state index in [4.69, 9.17) is 5.11 Å². The first kappa shape index (κ1) is 16.3. The summed E-state index contributed by atoms with van der Waals surface area (Å²) in [5, 5.41) is 8.99. The molecule has 0 aromatic carbocycles. The molecule has 4 fully saturated rings. The number of fused-ring (bicyclic) bond motifs is 4. The second kappa shape index (κ2) is 5.83. The summed E-state index contributed by atoms with van der Waals surface area (Å²) in [6.07, 6.45) is 5.38. The van der Waals surface area contributed by atoms with Crippen LogP contribution in [0.5, 0.6) is 0 Å². The minimum Gasteiger partial charge on any atom is -0.481 e. The van der Waals surface area contributed by atoms with Crippen LogP contribution in [0.2, 0.25) is 0 Å². The number of carboxylic acids is 1. The highest BCUT2D eigenvalue weighted by Crippen LogP contribution is 2.55. The molecule has 4 unspecified atom stereocenters. The highest BCUT2D eigenvalue weighted by Gasteiger charge is 2.51. The van der Waals surface area contributed by atoms with Gasteiger partial charge in [0.1, 0.15) is 0 Å². The fourth-order valence-corrected chi connectivity index (χ4v) is 6.79. The molecule has 0 spiro atoms. The highest BCUT2D eigenvalue weighted by atomic mass is 16.4. The molecule has 4 aliphatic carbocycles. The van der Waals surface area contributed by atoms with Crippen molar-refractivity contribution in [1.82, 2.24) is 0 Å². The Morgan fingerprint density at radius 3 is 1.59 bits per heavy atom. The quantitative estimate of drug-likeness (QED) is 0.745. The molecule has 1 N–H and O–H groups in total. The Labute approximate surface area is 136 Å². The van der Waals surface area contributed by atoms with Crippen molar-refractivity contribution in [3.8, 4) is 0 Å². The third-order valence-electron chi connectivity index (χ3n) is 8.24. The van der Waals surface area contributed by atoms with Gasteiger partial charge in [0.15, 0.2) is 0 Å². The van der Waals surface area contributed by atoms with E-state index in [9.17, 15) is 4.79 Å². The molecular weight excluding hydrogens is 272 g/mol. The molecule has 2 nitrogen and oxygen atoms in total. The standard InChI is InChI=1S/C10H16O2.C10H18/c1-5-3-7-4-8(5)6(2)9(7)10(11)12;1-6-4-9-5-10(6)8(3)7(9)2/h5-9H,3-4H2,1-2H3,(H,11,12);6-10H,4-5H2,1-3H3/t5-,6+,7?,8?,9+;6-,7+,8-,9?,10?/m11/s1. The molecule has 4 rings (SSSR count). The minimum absolute atomic E-state index is 0.0359. The van der Waals surface area contributed by atoms with Gasteiger partial charge in [0.05, 0.1) is 5.92 Å². The lowest BCUT2D eigenvalue weighted by Gasteiger charge is -2.29. The first-order valence-corrected chi connectivity index (χ1v) is 9.54. The Hall–Kier alpha value is -0.530. The zero-order valence-electron chi connectivity index (χ0n) is 15.0.